The van der Waals surface area contributed by atoms with Crippen LogP contribution in [0.5, 0.6) is 0 Å². The molecule has 2 heterocycles. The number of hydrogen-bond donors (Lipinski definition) is 1. The van der Waals surface area contributed by atoms with E-state index in [-0.39, 0.29) is 5.91 Å². The van der Waals surface area contributed by atoms with Crippen LogP contribution >= 0.6 is 0 Å². The van der Waals surface area contributed by atoms with Crippen LogP contribution < -0.4 is 5.32 Å². The van der Waals surface area contributed by atoms with E-state index >= 15 is 0 Å². The second-order valence-electron chi connectivity index (χ2n) is 5.33. The Morgan fingerprint density at radius 1 is 1.33 bits per heavy atom. The van der Waals surface area contributed by atoms with Gasteiger partial charge in [-0.05, 0) is 18.8 Å². The van der Waals surface area contributed by atoms with Crippen molar-refractivity contribution in [2.45, 2.75) is 12.8 Å². The maximum Gasteiger partial charge on any atom is 0.236 e. The predicted octanol–water partition coefficient (Wildman–Crippen LogP) is -0.223. The van der Waals surface area contributed by atoms with Crippen molar-refractivity contribution in [3.8, 4) is 0 Å². The second-order valence-corrected chi connectivity index (χ2v) is 5.33. The lowest BCUT2D eigenvalue weighted by atomic mass is 9.99. The zero-order valence-corrected chi connectivity index (χ0v) is 11.4. The molecule has 2 saturated heterocycles. The van der Waals surface area contributed by atoms with Crippen LogP contribution in [0.2, 0.25) is 0 Å². The molecule has 0 spiro atoms. The van der Waals surface area contributed by atoms with Gasteiger partial charge in [0.05, 0.1) is 13.2 Å². The Balaban J connectivity index is 1.76. The van der Waals surface area contributed by atoms with E-state index in [1.165, 1.54) is 6.42 Å². The van der Waals surface area contributed by atoms with E-state index in [0.717, 1.165) is 52.3 Å². The summed E-state index contributed by atoms with van der Waals surface area (Å²) >= 11 is 0. The molecule has 2 aliphatic rings. The summed E-state index contributed by atoms with van der Waals surface area (Å²) in [5, 5.41) is 3.31. The van der Waals surface area contributed by atoms with Crippen molar-refractivity contribution >= 4 is 5.91 Å². The van der Waals surface area contributed by atoms with Crippen LogP contribution in [0.25, 0.3) is 0 Å². The molecule has 2 fully saturated rings. The Morgan fingerprint density at radius 2 is 2.11 bits per heavy atom. The molecule has 1 amide bonds. The molecule has 0 aliphatic carbocycles. The smallest absolute Gasteiger partial charge is 0.236 e. The van der Waals surface area contributed by atoms with Gasteiger partial charge in [0.25, 0.3) is 0 Å². The molecule has 18 heavy (non-hydrogen) atoms. The molecule has 1 unspecified atom stereocenters. The van der Waals surface area contributed by atoms with Crippen LogP contribution in [0.4, 0.5) is 0 Å². The summed E-state index contributed by atoms with van der Waals surface area (Å²) < 4.78 is 5.20. The number of likely N-dealkylation sites (tertiary alicyclic amines) is 1. The number of nitrogens with one attached hydrogen (secondary N) is 1. The third kappa shape index (κ3) is 3.93. The second kappa shape index (κ2) is 7.07. The van der Waals surface area contributed by atoms with Gasteiger partial charge in [-0.1, -0.05) is 0 Å². The highest BCUT2D eigenvalue weighted by atomic mass is 16.5. The van der Waals surface area contributed by atoms with Crippen molar-refractivity contribution in [2.75, 3.05) is 59.5 Å². The summed E-state index contributed by atoms with van der Waals surface area (Å²) in [6, 6.07) is 0. The lowest BCUT2D eigenvalue weighted by Gasteiger charge is -2.35. The van der Waals surface area contributed by atoms with Crippen LogP contribution in [0.15, 0.2) is 0 Å². The molecule has 0 radical (unpaired) electrons. The number of methoxy groups -OCH3 is 1. The Hall–Kier alpha value is -0.650. The minimum Gasteiger partial charge on any atom is -0.384 e. The number of carbonyl (C=O) groups excluding carboxylic acids is 1. The van der Waals surface area contributed by atoms with Gasteiger partial charge in [0, 0.05) is 46.4 Å². The average molecular weight is 255 g/mol. The number of rotatable bonds is 4. The van der Waals surface area contributed by atoms with Gasteiger partial charge in [0.2, 0.25) is 5.91 Å². The van der Waals surface area contributed by atoms with Crippen molar-refractivity contribution in [3.63, 3.8) is 0 Å². The van der Waals surface area contributed by atoms with E-state index in [0.29, 0.717) is 12.5 Å². The number of amides is 1. The van der Waals surface area contributed by atoms with E-state index in [1.54, 1.807) is 7.11 Å². The quantitative estimate of drug-likeness (QED) is 0.754. The topological polar surface area (TPSA) is 44.8 Å². The first-order valence-corrected chi connectivity index (χ1v) is 6.99. The van der Waals surface area contributed by atoms with Crippen molar-refractivity contribution in [3.05, 3.63) is 0 Å². The van der Waals surface area contributed by atoms with E-state index in [2.05, 4.69) is 10.2 Å². The number of piperazine rings is 1. The zero-order chi connectivity index (χ0) is 12.8. The third-order valence-electron chi connectivity index (χ3n) is 3.84. The number of piperidine rings is 1. The highest BCUT2D eigenvalue weighted by molar-refractivity contribution is 5.78. The van der Waals surface area contributed by atoms with Crippen molar-refractivity contribution in [1.82, 2.24) is 15.1 Å². The monoisotopic (exact) mass is 255 g/mol. The van der Waals surface area contributed by atoms with Gasteiger partial charge >= 0.3 is 0 Å². The molecule has 1 N–H and O–H groups in total. The first-order valence-electron chi connectivity index (χ1n) is 6.99. The lowest BCUT2D eigenvalue weighted by Crippen LogP contribution is -2.50. The van der Waals surface area contributed by atoms with Gasteiger partial charge < -0.3 is 15.0 Å². The molecule has 0 bridgehead atoms. The van der Waals surface area contributed by atoms with Crippen LogP contribution in [-0.2, 0) is 9.53 Å². The number of ether oxygens (including phenoxy) is 1. The normalized spacial score (nSPS) is 26.3. The summed E-state index contributed by atoms with van der Waals surface area (Å²) in [4.78, 5) is 16.5. The molecule has 0 aromatic carbocycles. The molecule has 5 nitrogen and oxygen atoms in total. The van der Waals surface area contributed by atoms with Crippen LogP contribution in [0, 0.1) is 5.92 Å². The Bertz CT molecular complexity index is 265. The van der Waals surface area contributed by atoms with Gasteiger partial charge in [0.15, 0.2) is 0 Å². The highest BCUT2D eigenvalue weighted by Crippen LogP contribution is 2.16. The summed E-state index contributed by atoms with van der Waals surface area (Å²) in [6.07, 6.45) is 2.30. The molecule has 104 valence electrons. The molecular formula is C13H25N3O2. The molecule has 0 aromatic heterocycles. The van der Waals surface area contributed by atoms with Gasteiger partial charge in [0.1, 0.15) is 0 Å². The van der Waals surface area contributed by atoms with E-state index in [4.69, 9.17) is 4.74 Å². The first-order chi connectivity index (χ1) is 8.79. The van der Waals surface area contributed by atoms with E-state index < -0.39 is 0 Å². The SMILES string of the molecule is COCC1CCCN(C(=O)CN2CCNCC2)C1. The van der Waals surface area contributed by atoms with Crippen LogP contribution in [0.1, 0.15) is 12.8 Å². The zero-order valence-electron chi connectivity index (χ0n) is 11.4. The van der Waals surface area contributed by atoms with E-state index in [1.807, 2.05) is 4.90 Å². The Labute approximate surface area is 109 Å². The predicted molar refractivity (Wildman–Crippen MR) is 70.5 cm³/mol. The lowest BCUT2D eigenvalue weighted by molar-refractivity contribution is -0.134. The number of hydrogen-bond acceptors (Lipinski definition) is 4. The number of carbonyl (C=O) groups is 1. The minimum atomic E-state index is 0.290. The summed E-state index contributed by atoms with van der Waals surface area (Å²) in [5.74, 6) is 0.813. The van der Waals surface area contributed by atoms with E-state index in [9.17, 15) is 4.79 Å². The first kappa shape index (κ1) is 13.8. The largest absolute Gasteiger partial charge is 0.384 e. The molecule has 0 aromatic rings. The Morgan fingerprint density at radius 3 is 2.83 bits per heavy atom. The van der Waals surface area contributed by atoms with Crippen molar-refractivity contribution < 1.29 is 9.53 Å². The molecule has 1 atom stereocenters. The van der Waals surface area contributed by atoms with Crippen LogP contribution in [0.3, 0.4) is 0 Å². The standard InChI is InChI=1S/C13H25N3O2/c1-18-11-12-3-2-6-16(9-12)13(17)10-15-7-4-14-5-8-15/h12,14H,2-11H2,1H3. The molecule has 5 heteroatoms. The van der Waals surface area contributed by atoms with Crippen LogP contribution in [-0.4, -0.2) is 75.2 Å². The Kier molecular flexibility index (Phi) is 5.41. The summed E-state index contributed by atoms with van der Waals surface area (Å²) in [5.41, 5.74) is 0. The average Bonchev–Trinajstić information content (AvgIpc) is 2.40. The molecule has 0 saturated carbocycles. The summed E-state index contributed by atoms with van der Waals surface area (Å²) in [6.45, 7) is 7.13. The molecule has 2 rings (SSSR count). The maximum atomic E-state index is 12.2. The molecular weight excluding hydrogens is 230 g/mol. The van der Waals surface area contributed by atoms with Gasteiger partial charge in [-0.3, -0.25) is 9.69 Å². The van der Waals surface area contributed by atoms with Gasteiger partial charge in [-0.25, -0.2) is 0 Å². The van der Waals surface area contributed by atoms with Gasteiger partial charge in [-0.15, -0.1) is 0 Å². The fourth-order valence-corrected chi connectivity index (χ4v) is 2.82. The third-order valence-corrected chi connectivity index (χ3v) is 3.84. The maximum absolute atomic E-state index is 12.2. The van der Waals surface area contributed by atoms with Crippen molar-refractivity contribution in [1.29, 1.82) is 0 Å². The van der Waals surface area contributed by atoms with Gasteiger partial charge in [-0.2, -0.15) is 0 Å². The van der Waals surface area contributed by atoms with Crippen molar-refractivity contribution in [2.24, 2.45) is 5.92 Å². The highest BCUT2D eigenvalue weighted by Gasteiger charge is 2.25. The minimum absolute atomic E-state index is 0.290. The summed E-state index contributed by atoms with van der Waals surface area (Å²) in [7, 11) is 1.74. The fourth-order valence-electron chi connectivity index (χ4n) is 2.82. The fraction of sp³-hybridized carbons (Fsp3) is 0.923. The molecule has 2 aliphatic heterocycles. The number of nitrogens with zero attached hydrogens (tertiary/aromatic N) is 2.